The van der Waals surface area contributed by atoms with Gasteiger partial charge in [-0.15, -0.1) is 0 Å². The average Bonchev–Trinajstić information content (AvgIpc) is 2.50. The van der Waals surface area contributed by atoms with Gasteiger partial charge in [0.1, 0.15) is 0 Å². The Morgan fingerprint density at radius 3 is 2.27 bits per heavy atom. The molecule has 1 aliphatic rings. The fourth-order valence-electron chi connectivity index (χ4n) is 3.38. The number of hydrogen-bond donors (Lipinski definition) is 1. The molecule has 1 N–H and O–H groups in total. The van der Waals surface area contributed by atoms with Gasteiger partial charge in [0, 0.05) is 16.5 Å². The Balaban J connectivity index is 2.34. The van der Waals surface area contributed by atoms with Crippen molar-refractivity contribution in [2.24, 2.45) is 0 Å². The molecule has 3 rings (SSSR count). The lowest BCUT2D eigenvalue weighted by atomic mass is 9.73. The van der Waals surface area contributed by atoms with E-state index in [-0.39, 0.29) is 5.41 Å². The first-order valence-corrected chi connectivity index (χ1v) is 7.81. The van der Waals surface area contributed by atoms with E-state index in [2.05, 4.69) is 40.7 Å². The zero-order valence-electron chi connectivity index (χ0n) is 14.0. The van der Waals surface area contributed by atoms with Crippen LogP contribution in [0.25, 0.3) is 0 Å². The van der Waals surface area contributed by atoms with Crippen molar-refractivity contribution in [2.45, 2.75) is 45.8 Å². The third kappa shape index (κ3) is 2.10. The van der Waals surface area contributed by atoms with E-state index in [1.807, 2.05) is 30.3 Å². The molecule has 0 unspecified atom stereocenters. The predicted octanol–water partition coefficient (Wildman–Crippen LogP) is 4.11. The summed E-state index contributed by atoms with van der Waals surface area (Å²) in [6.45, 7) is 11.2. The first-order chi connectivity index (χ1) is 10.3. The quantitative estimate of drug-likeness (QED) is 0.858. The van der Waals surface area contributed by atoms with E-state index in [4.69, 9.17) is 4.74 Å². The van der Waals surface area contributed by atoms with Gasteiger partial charge in [0.05, 0.1) is 6.61 Å². The van der Waals surface area contributed by atoms with Crippen LogP contribution in [-0.4, -0.2) is 11.7 Å². The van der Waals surface area contributed by atoms with Crippen molar-refractivity contribution in [3.05, 3.63) is 69.8 Å². The number of hydrogen-bond acceptors (Lipinski definition) is 2. The molecule has 0 radical (unpaired) electrons. The first kappa shape index (κ1) is 15.3. The van der Waals surface area contributed by atoms with Crippen molar-refractivity contribution in [3.63, 3.8) is 0 Å². The summed E-state index contributed by atoms with van der Waals surface area (Å²) in [5.41, 5.74) is 6.38. The number of benzene rings is 2. The largest absolute Gasteiger partial charge is 0.358 e. The first-order valence-electron chi connectivity index (χ1n) is 7.81. The number of fused-ring (bicyclic) bond motifs is 1. The molecule has 1 aliphatic heterocycles. The van der Waals surface area contributed by atoms with Crippen LogP contribution >= 0.6 is 0 Å². The molecular formula is C20H24O2. The monoisotopic (exact) mass is 296 g/mol. The van der Waals surface area contributed by atoms with E-state index in [1.165, 1.54) is 16.7 Å². The maximum absolute atomic E-state index is 11.4. The van der Waals surface area contributed by atoms with E-state index in [0.29, 0.717) is 6.61 Å². The highest BCUT2D eigenvalue weighted by Gasteiger charge is 2.45. The summed E-state index contributed by atoms with van der Waals surface area (Å²) in [6.07, 6.45) is 0. The van der Waals surface area contributed by atoms with E-state index in [0.717, 1.165) is 16.7 Å². The van der Waals surface area contributed by atoms with Crippen molar-refractivity contribution < 1.29 is 9.84 Å². The Morgan fingerprint density at radius 2 is 1.64 bits per heavy atom. The van der Waals surface area contributed by atoms with Gasteiger partial charge >= 0.3 is 0 Å². The summed E-state index contributed by atoms with van der Waals surface area (Å²) >= 11 is 0. The van der Waals surface area contributed by atoms with Crippen LogP contribution in [-0.2, 0) is 15.9 Å². The second kappa shape index (κ2) is 4.94. The van der Waals surface area contributed by atoms with E-state index < -0.39 is 5.79 Å². The maximum atomic E-state index is 11.4. The molecule has 2 nitrogen and oxygen atoms in total. The smallest absolute Gasteiger partial charge is 0.220 e. The minimum absolute atomic E-state index is 0.112. The van der Waals surface area contributed by atoms with Crippen LogP contribution in [0.3, 0.4) is 0 Å². The van der Waals surface area contributed by atoms with Gasteiger partial charge in [-0.3, -0.25) is 0 Å². The van der Waals surface area contributed by atoms with Crippen molar-refractivity contribution in [3.8, 4) is 0 Å². The molecule has 0 bridgehead atoms. The van der Waals surface area contributed by atoms with Crippen molar-refractivity contribution in [1.29, 1.82) is 0 Å². The topological polar surface area (TPSA) is 29.5 Å². The van der Waals surface area contributed by atoms with Gasteiger partial charge in [0.25, 0.3) is 0 Å². The molecule has 2 heteroatoms. The third-order valence-electron chi connectivity index (χ3n) is 5.03. The number of ether oxygens (including phenoxy) is 1. The molecule has 0 fully saturated rings. The van der Waals surface area contributed by atoms with Crippen LogP contribution in [0.2, 0.25) is 0 Å². The summed E-state index contributed by atoms with van der Waals surface area (Å²) in [4.78, 5) is 0. The van der Waals surface area contributed by atoms with E-state index in [9.17, 15) is 5.11 Å². The van der Waals surface area contributed by atoms with Gasteiger partial charge in [-0.1, -0.05) is 50.2 Å². The Morgan fingerprint density at radius 1 is 1.00 bits per heavy atom. The number of aryl methyl sites for hydroxylation is 1. The summed E-state index contributed by atoms with van der Waals surface area (Å²) in [6, 6.07) is 11.9. The number of rotatable bonds is 1. The zero-order valence-corrected chi connectivity index (χ0v) is 14.0. The summed E-state index contributed by atoms with van der Waals surface area (Å²) < 4.78 is 6.02. The fraction of sp³-hybridized carbons (Fsp3) is 0.400. The zero-order chi connectivity index (χ0) is 16.1. The number of aliphatic hydroxyl groups is 1. The highest BCUT2D eigenvalue weighted by Crippen LogP contribution is 2.46. The molecule has 0 saturated heterocycles. The van der Waals surface area contributed by atoms with Gasteiger partial charge in [0.2, 0.25) is 5.79 Å². The molecule has 2 aromatic carbocycles. The summed E-state index contributed by atoms with van der Waals surface area (Å²) in [5, 5.41) is 11.4. The van der Waals surface area contributed by atoms with Gasteiger partial charge in [-0.25, -0.2) is 0 Å². The molecule has 0 amide bonds. The lowest BCUT2D eigenvalue weighted by molar-refractivity contribution is -0.200. The maximum Gasteiger partial charge on any atom is 0.220 e. The second-order valence-electron chi connectivity index (χ2n) is 7.05. The lowest BCUT2D eigenvalue weighted by Gasteiger charge is -2.44. The highest BCUT2D eigenvalue weighted by atomic mass is 16.6. The molecule has 22 heavy (non-hydrogen) atoms. The van der Waals surface area contributed by atoms with E-state index >= 15 is 0 Å². The molecule has 2 aromatic rings. The molecule has 116 valence electrons. The van der Waals surface area contributed by atoms with Gasteiger partial charge in [0.15, 0.2) is 0 Å². The predicted molar refractivity (Wildman–Crippen MR) is 89.1 cm³/mol. The van der Waals surface area contributed by atoms with Crippen LogP contribution in [0.15, 0.2) is 36.4 Å². The molecule has 0 saturated carbocycles. The van der Waals surface area contributed by atoms with Crippen molar-refractivity contribution >= 4 is 0 Å². The van der Waals surface area contributed by atoms with Crippen molar-refractivity contribution in [1.82, 2.24) is 0 Å². The van der Waals surface area contributed by atoms with Crippen LogP contribution in [0, 0.1) is 20.8 Å². The standard InChI is InChI=1S/C20H24O2/c1-13-11-17-18(15(3)14(13)2)20(21,22-12-19(17,4)5)16-9-7-6-8-10-16/h6-11,21H,12H2,1-5H3/t20-/m0/s1. The Hall–Kier alpha value is -1.64. The molecule has 1 atom stereocenters. The SMILES string of the molecule is Cc1cc2c(c(C)c1C)[C@](O)(c1ccccc1)OCC2(C)C. The Kier molecular flexibility index (Phi) is 3.42. The van der Waals surface area contributed by atoms with Gasteiger partial charge in [-0.05, 0) is 43.0 Å². The molecule has 0 spiro atoms. The Labute approximate surface area is 132 Å². The van der Waals surface area contributed by atoms with Crippen molar-refractivity contribution in [2.75, 3.05) is 6.61 Å². The average molecular weight is 296 g/mol. The highest BCUT2D eigenvalue weighted by molar-refractivity contribution is 5.53. The molecule has 0 aliphatic carbocycles. The lowest BCUT2D eigenvalue weighted by Crippen LogP contribution is -2.44. The minimum Gasteiger partial charge on any atom is -0.358 e. The van der Waals surface area contributed by atoms with E-state index in [1.54, 1.807) is 0 Å². The summed E-state index contributed by atoms with van der Waals surface area (Å²) in [7, 11) is 0. The normalized spacial score (nSPS) is 23.2. The van der Waals surface area contributed by atoms with Crippen LogP contribution in [0.4, 0.5) is 0 Å². The molecule has 0 aromatic heterocycles. The third-order valence-corrected chi connectivity index (χ3v) is 5.03. The van der Waals surface area contributed by atoms with Crippen LogP contribution in [0.1, 0.15) is 47.2 Å². The molecule has 1 heterocycles. The minimum atomic E-state index is -1.37. The van der Waals surface area contributed by atoms with Gasteiger partial charge in [-0.2, -0.15) is 0 Å². The Bertz CT molecular complexity index is 716. The molecular weight excluding hydrogens is 272 g/mol. The van der Waals surface area contributed by atoms with Crippen LogP contribution < -0.4 is 0 Å². The van der Waals surface area contributed by atoms with Crippen LogP contribution in [0.5, 0.6) is 0 Å². The second-order valence-corrected chi connectivity index (χ2v) is 7.05. The summed E-state index contributed by atoms with van der Waals surface area (Å²) in [5.74, 6) is -1.37. The van der Waals surface area contributed by atoms with Gasteiger partial charge < -0.3 is 9.84 Å². The fourth-order valence-corrected chi connectivity index (χ4v) is 3.38.